The summed E-state index contributed by atoms with van der Waals surface area (Å²) >= 11 is 0. The molecule has 0 radical (unpaired) electrons. The third-order valence-corrected chi connectivity index (χ3v) is 7.87. The van der Waals surface area contributed by atoms with Gasteiger partial charge in [0.05, 0.1) is 31.3 Å². The summed E-state index contributed by atoms with van der Waals surface area (Å²) in [5.41, 5.74) is 1.29. The Morgan fingerprint density at radius 2 is 1.70 bits per heavy atom. The molecule has 0 saturated carbocycles. The normalized spacial score (nSPS) is 16.0. The number of benzene rings is 2. The first-order valence-electron chi connectivity index (χ1n) is 14.1. The Morgan fingerprint density at radius 1 is 0.932 bits per heavy atom. The SMILES string of the molecule is O=C(Nc1ccc(Oc2cc(N3CCC4(CC3)OCCO4)cn3nccc23)c(F)c1)c1cccn(-c2ccc(F)cc2)c1=O. The molecule has 5 aromatic rings. The van der Waals surface area contributed by atoms with Gasteiger partial charge in [-0.1, -0.05) is 0 Å². The lowest BCUT2D eigenvalue weighted by Gasteiger charge is -2.38. The van der Waals surface area contributed by atoms with Crippen molar-refractivity contribution in [3.63, 3.8) is 0 Å². The van der Waals surface area contributed by atoms with Gasteiger partial charge in [0.25, 0.3) is 11.5 Å². The van der Waals surface area contributed by atoms with Crippen molar-refractivity contribution in [2.75, 3.05) is 36.5 Å². The largest absolute Gasteiger partial charge is 0.452 e. The average molecular weight is 600 g/mol. The number of hydrogen-bond acceptors (Lipinski definition) is 7. The van der Waals surface area contributed by atoms with Crippen LogP contribution in [0.1, 0.15) is 23.2 Å². The number of halogens is 2. The molecule has 2 aromatic carbocycles. The van der Waals surface area contributed by atoms with E-state index in [0.717, 1.165) is 24.6 Å². The molecule has 224 valence electrons. The van der Waals surface area contributed by atoms with E-state index < -0.39 is 28.9 Å². The number of anilines is 2. The van der Waals surface area contributed by atoms with E-state index in [1.54, 1.807) is 16.8 Å². The molecule has 0 aliphatic carbocycles. The summed E-state index contributed by atoms with van der Waals surface area (Å²) < 4.78 is 49.3. The zero-order valence-corrected chi connectivity index (χ0v) is 23.4. The van der Waals surface area contributed by atoms with Crippen molar-refractivity contribution in [1.82, 2.24) is 14.2 Å². The highest BCUT2D eigenvalue weighted by atomic mass is 19.1. The lowest BCUT2D eigenvalue weighted by molar-refractivity contribution is -0.169. The zero-order chi connectivity index (χ0) is 30.3. The number of aromatic nitrogens is 3. The molecule has 0 unspecified atom stereocenters. The molecular weight excluding hydrogens is 572 g/mol. The second-order valence-corrected chi connectivity index (χ2v) is 10.6. The first-order chi connectivity index (χ1) is 21.4. The minimum Gasteiger partial charge on any atom is -0.452 e. The van der Waals surface area contributed by atoms with Crippen LogP contribution in [-0.4, -0.2) is 52.2 Å². The Kier molecular flexibility index (Phi) is 7.07. The molecular formula is C32H27F2N5O5. The number of piperidine rings is 1. The topological polar surface area (TPSA) is 99.3 Å². The van der Waals surface area contributed by atoms with Gasteiger partial charge >= 0.3 is 0 Å². The molecule has 0 atom stereocenters. The summed E-state index contributed by atoms with van der Waals surface area (Å²) in [5.74, 6) is -2.02. The van der Waals surface area contributed by atoms with Crippen molar-refractivity contribution >= 4 is 22.8 Å². The number of rotatable bonds is 6. The molecule has 2 aliphatic heterocycles. The fourth-order valence-electron chi connectivity index (χ4n) is 5.58. The maximum Gasteiger partial charge on any atom is 0.267 e. The number of pyridine rings is 2. The maximum atomic E-state index is 15.3. The molecule has 2 saturated heterocycles. The van der Waals surface area contributed by atoms with Crippen LogP contribution >= 0.6 is 0 Å². The predicted molar refractivity (Wildman–Crippen MR) is 158 cm³/mol. The van der Waals surface area contributed by atoms with Gasteiger partial charge in [0.1, 0.15) is 16.9 Å². The smallest absolute Gasteiger partial charge is 0.267 e. The summed E-state index contributed by atoms with van der Waals surface area (Å²) in [4.78, 5) is 28.2. The van der Waals surface area contributed by atoms with Crippen LogP contribution in [0.5, 0.6) is 11.5 Å². The number of fused-ring (bicyclic) bond motifs is 1. The number of amides is 1. The summed E-state index contributed by atoms with van der Waals surface area (Å²) in [5, 5.41) is 6.93. The molecule has 12 heteroatoms. The van der Waals surface area contributed by atoms with Crippen molar-refractivity contribution in [2.45, 2.75) is 18.6 Å². The average Bonchev–Trinajstić information content (AvgIpc) is 3.69. The van der Waals surface area contributed by atoms with Gasteiger partial charge in [-0.25, -0.2) is 13.3 Å². The van der Waals surface area contributed by atoms with Crippen LogP contribution in [0.3, 0.4) is 0 Å². The molecule has 1 N–H and O–H groups in total. The fraction of sp³-hybridized carbons (Fsp3) is 0.219. The summed E-state index contributed by atoms with van der Waals surface area (Å²) in [7, 11) is 0. The van der Waals surface area contributed by atoms with E-state index in [0.29, 0.717) is 43.3 Å². The Labute approximate surface area is 250 Å². The van der Waals surface area contributed by atoms with E-state index >= 15 is 4.39 Å². The summed E-state index contributed by atoms with van der Waals surface area (Å²) in [6, 6.07) is 15.8. The van der Waals surface area contributed by atoms with Crippen molar-refractivity contribution < 1.29 is 27.8 Å². The molecule has 1 amide bonds. The van der Waals surface area contributed by atoms with Crippen molar-refractivity contribution in [3.8, 4) is 17.2 Å². The van der Waals surface area contributed by atoms with E-state index in [1.807, 2.05) is 12.3 Å². The Balaban J connectivity index is 1.09. The second-order valence-electron chi connectivity index (χ2n) is 10.6. The minimum atomic E-state index is -0.718. The van der Waals surface area contributed by atoms with Crippen molar-refractivity contribution in [1.29, 1.82) is 0 Å². The predicted octanol–water partition coefficient (Wildman–Crippen LogP) is 5.15. The van der Waals surface area contributed by atoms with Crippen molar-refractivity contribution in [2.24, 2.45) is 0 Å². The van der Waals surface area contributed by atoms with Crippen LogP contribution in [0.15, 0.2) is 90.1 Å². The fourth-order valence-corrected chi connectivity index (χ4v) is 5.58. The standard InChI is InChI=1S/C32H27F2N5O5/c33-21-3-6-23(7-4-21)38-13-1-2-25(31(38)41)30(40)36-22-5-8-28(26(34)18-22)44-29-19-24(20-39-27(29)9-12-35-39)37-14-10-32(11-15-37)42-16-17-43-32/h1-9,12-13,18-20H,10-11,14-17H2,(H,36,40). The van der Waals surface area contributed by atoms with Crippen LogP contribution in [0.4, 0.5) is 20.2 Å². The van der Waals surface area contributed by atoms with Gasteiger partial charge in [0.15, 0.2) is 23.1 Å². The number of carbonyl (C=O) groups excluding carboxylic acids is 1. The monoisotopic (exact) mass is 599 g/mol. The van der Waals surface area contributed by atoms with Crippen LogP contribution in [-0.2, 0) is 9.47 Å². The highest BCUT2D eigenvalue weighted by Crippen LogP contribution is 2.36. The summed E-state index contributed by atoms with van der Waals surface area (Å²) in [6.45, 7) is 2.64. The summed E-state index contributed by atoms with van der Waals surface area (Å²) in [6.07, 6.45) is 6.47. The highest BCUT2D eigenvalue weighted by Gasteiger charge is 2.40. The third-order valence-electron chi connectivity index (χ3n) is 7.87. The lowest BCUT2D eigenvalue weighted by atomic mass is 10.0. The van der Waals surface area contributed by atoms with Gasteiger partial charge in [-0.05, 0) is 54.6 Å². The lowest BCUT2D eigenvalue weighted by Crippen LogP contribution is -2.45. The van der Waals surface area contributed by atoms with E-state index in [1.165, 1.54) is 59.3 Å². The Morgan fingerprint density at radius 3 is 2.45 bits per heavy atom. The van der Waals surface area contributed by atoms with Gasteiger partial charge in [0.2, 0.25) is 0 Å². The third kappa shape index (κ3) is 5.29. The molecule has 5 heterocycles. The van der Waals surface area contributed by atoms with Crippen LogP contribution in [0, 0.1) is 11.6 Å². The molecule has 0 bridgehead atoms. The molecule has 2 fully saturated rings. The number of nitrogens with one attached hydrogen (secondary N) is 1. The molecule has 10 nitrogen and oxygen atoms in total. The highest BCUT2D eigenvalue weighted by molar-refractivity contribution is 6.04. The number of carbonyl (C=O) groups is 1. The number of nitrogens with zero attached hydrogens (tertiary/aromatic N) is 4. The van der Waals surface area contributed by atoms with E-state index in [9.17, 15) is 14.0 Å². The number of hydrogen-bond donors (Lipinski definition) is 1. The van der Waals surface area contributed by atoms with Gasteiger partial charge in [-0.3, -0.25) is 14.2 Å². The van der Waals surface area contributed by atoms with Gasteiger partial charge in [-0.2, -0.15) is 5.10 Å². The van der Waals surface area contributed by atoms with Gasteiger partial charge < -0.3 is 24.4 Å². The minimum absolute atomic E-state index is 0.0491. The number of ether oxygens (including phenoxy) is 3. The molecule has 7 rings (SSSR count). The van der Waals surface area contributed by atoms with Crippen LogP contribution in [0.2, 0.25) is 0 Å². The van der Waals surface area contributed by atoms with Gasteiger partial charge in [-0.15, -0.1) is 0 Å². The first-order valence-corrected chi connectivity index (χ1v) is 14.1. The van der Waals surface area contributed by atoms with Crippen LogP contribution in [0.25, 0.3) is 11.2 Å². The second kappa shape index (κ2) is 11.2. The van der Waals surface area contributed by atoms with Gasteiger partial charge in [0, 0.05) is 55.6 Å². The van der Waals surface area contributed by atoms with E-state index in [-0.39, 0.29) is 17.0 Å². The van der Waals surface area contributed by atoms with E-state index in [4.69, 9.17) is 14.2 Å². The molecule has 3 aromatic heterocycles. The van der Waals surface area contributed by atoms with Crippen LogP contribution < -0.4 is 20.5 Å². The quantitative estimate of drug-likeness (QED) is 0.288. The molecule has 1 spiro atoms. The Hall–Kier alpha value is -5.07. The van der Waals surface area contributed by atoms with E-state index in [2.05, 4.69) is 15.3 Å². The Bertz CT molecular complexity index is 1910. The first kappa shape index (κ1) is 27.7. The van der Waals surface area contributed by atoms with Crippen molar-refractivity contribution in [3.05, 3.63) is 113 Å². The molecule has 2 aliphatic rings. The molecule has 44 heavy (non-hydrogen) atoms. The zero-order valence-electron chi connectivity index (χ0n) is 23.4. The maximum absolute atomic E-state index is 15.3.